The Morgan fingerprint density at radius 2 is 2.07 bits per heavy atom. The van der Waals surface area contributed by atoms with Gasteiger partial charge in [0.25, 0.3) is 0 Å². The lowest BCUT2D eigenvalue weighted by Crippen LogP contribution is -2.34. The Morgan fingerprint density at radius 3 is 2.93 bits per heavy atom. The number of amides is 2. The lowest BCUT2D eigenvalue weighted by molar-refractivity contribution is -0.126. The van der Waals surface area contributed by atoms with Crippen molar-refractivity contribution < 1.29 is 19.1 Å². The number of rotatable bonds is 6. The molecule has 0 spiro atoms. The first-order valence-electron chi connectivity index (χ1n) is 9.24. The summed E-state index contributed by atoms with van der Waals surface area (Å²) >= 11 is 1.63. The van der Waals surface area contributed by atoms with Crippen LogP contribution in [-0.2, 0) is 16.0 Å². The standard InChI is InChI=1S/C21H22N2O4S/c1-28-17-4-2-3-16(11-17)23-12-15(10-20(23)24)21(25)22-8-7-14-5-6-18-19(9-14)27-13-26-18/h2-6,9,11,15H,7-8,10,12-13H2,1H3,(H,22,25). The molecule has 1 N–H and O–H groups in total. The molecule has 146 valence electrons. The van der Waals surface area contributed by atoms with Crippen molar-refractivity contribution in [3.8, 4) is 11.5 Å². The van der Waals surface area contributed by atoms with Gasteiger partial charge in [-0.05, 0) is 48.6 Å². The van der Waals surface area contributed by atoms with E-state index in [0.29, 0.717) is 19.5 Å². The van der Waals surface area contributed by atoms with Crippen molar-refractivity contribution >= 4 is 29.3 Å². The first kappa shape index (κ1) is 18.7. The van der Waals surface area contributed by atoms with Gasteiger partial charge in [-0.1, -0.05) is 12.1 Å². The van der Waals surface area contributed by atoms with Crippen LogP contribution in [0.3, 0.4) is 0 Å². The molecule has 2 heterocycles. The van der Waals surface area contributed by atoms with Crippen LogP contribution in [0.5, 0.6) is 11.5 Å². The highest BCUT2D eigenvalue weighted by Gasteiger charge is 2.35. The van der Waals surface area contributed by atoms with E-state index < -0.39 is 0 Å². The highest BCUT2D eigenvalue weighted by molar-refractivity contribution is 7.98. The van der Waals surface area contributed by atoms with Gasteiger partial charge in [-0.2, -0.15) is 0 Å². The third kappa shape index (κ3) is 3.94. The Bertz CT molecular complexity index is 902. The molecule has 1 atom stereocenters. The van der Waals surface area contributed by atoms with Crippen LogP contribution in [0, 0.1) is 5.92 Å². The molecule has 2 aliphatic heterocycles. The largest absolute Gasteiger partial charge is 0.454 e. The molecule has 4 rings (SSSR count). The summed E-state index contributed by atoms with van der Waals surface area (Å²) in [5.41, 5.74) is 1.93. The van der Waals surface area contributed by atoms with Crippen molar-refractivity contribution in [2.45, 2.75) is 17.7 Å². The van der Waals surface area contributed by atoms with Crippen molar-refractivity contribution in [3.63, 3.8) is 0 Å². The van der Waals surface area contributed by atoms with E-state index in [1.54, 1.807) is 16.7 Å². The Kier molecular flexibility index (Phi) is 5.43. The summed E-state index contributed by atoms with van der Waals surface area (Å²) in [6, 6.07) is 13.6. The second kappa shape index (κ2) is 8.14. The molecule has 1 fully saturated rings. The molecule has 0 saturated carbocycles. The predicted octanol–water partition coefficient (Wildman–Crippen LogP) is 2.85. The number of ether oxygens (including phenoxy) is 2. The number of thioether (sulfide) groups is 1. The molecule has 2 aromatic carbocycles. The molecule has 1 saturated heterocycles. The monoisotopic (exact) mass is 398 g/mol. The molecule has 0 bridgehead atoms. The minimum atomic E-state index is -0.317. The van der Waals surface area contributed by atoms with E-state index in [4.69, 9.17) is 9.47 Å². The molecular formula is C21H22N2O4S. The summed E-state index contributed by atoms with van der Waals surface area (Å²) in [5.74, 6) is 1.10. The molecular weight excluding hydrogens is 376 g/mol. The third-order valence-corrected chi connectivity index (χ3v) is 5.74. The summed E-state index contributed by atoms with van der Waals surface area (Å²) in [6.07, 6.45) is 2.95. The number of nitrogens with one attached hydrogen (secondary N) is 1. The lowest BCUT2D eigenvalue weighted by atomic mass is 10.1. The number of nitrogens with zero attached hydrogens (tertiary/aromatic N) is 1. The van der Waals surface area contributed by atoms with E-state index in [1.165, 1.54) is 0 Å². The first-order valence-corrected chi connectivity index (χ1v) is 10.5. The second-order valence-corrected chi connectivity index (χ2v) is 7.72. The van der Waals surface area contributed by atoms with Gasteiger partial charge in [0.1, 0.15) is 0 Å². The number of hydrogen-bond donors (Lipinski definition) is 1. The second-order valence-electron chi connectivity index (χ2n) is 6.84. The molecule has 0 aromatic heterocycles. The van der Waals surface area contributed by atoms with Gasteiger partial charge in [0.15, 0.2) is 11.5 Å². The van der Waals surface area contributed by atoms with Gasteiger partial charge < -0.3 is 19.7 Å². The first-order chi connectivity index (χ1) is 13.6. The Balaban J connectivity index is 1.31. The highest BCUT2D eigenvalue weighted by atomic mass is 32.2. The van der Waals surface area contributed by atoms with E-state index in [1.807, 2.05) is 48.7 Å². The van der Waals surface area contributed by atoms with E-state index in [-0.39, 0.29) is 30.9 Å². The summed E-state index contributed by atoms with van der Waals surface area (Å²) in [4.78, 5) is 27.7. The van der Waals surface area contributed by atoms with E-state index in [2.05, 4.69) is 5.32 Å². The summed E-state index contributed by atoms with van der Waals surface area (Å²) < 4.78 is 10.7. The van der Waals surface area contributed by atoms with Crippen LogP contribution in [0.25, 0.3) is 0 Å². The zero-order chi connectivity index (χ0) is 19.5. The van der Waals surface area contributed by atoms with Gasteiger partial charge in [-0.25, -0.2) is 0 Å². The zero-order valence-electron chi connectivity index (χ0n) is 15.6. The van der Waals surface area contributed by atoms with Gasteiger partial charge in [0.05, 0.1) is 5.92 Å². The summed E-state index contributed by atoms with van der Waals surface area (Å²) in [6.45, 7) is 1.19. The van der Waals surface area contributed by atoms with Crippen molar-refractivity contribution in [3.05, 3.63) is 48.0 Å². The van der Waals surface area contributed by atoms with Crippen molar-refractivity contribution in [2.24, 2.45) is 5.92 Å². The zero-order valence-corrected chi connectivity index (χ0v) is 16.5. The third-order valence-electron chi connectivity index (χ3n) is 5.01. The number of carbonyl (C=O) groups is 2. The Morgan fingerprint density at radius 1 is 1.21 bits per heavy atom. The van der Waals surface area contributed by atoms with Gasteiger partial charge in [0, 0.05) is 30.1 Å². The molecule has 2 aromatic rings. The van der Waals surface area contributed by atoms with Gasteiger partial charge in [-0.15, -0.1) is 11.8 Å². The van der Waals surface area contributed by atoms with E-state index in [9.17, 15) is 9.59 Å². The van der Waals surface area contributed by atoms with E-state index >= 15 is 0 Å². The fraction of sp³-hybridized carbons (Fsp3) is 0.333. The van der Waals surface area contributed by atoms with Crippen molar-refractivity contribution in [1.29, 1.82) is 0 Å². The summed E-state index contributed by atoms with van der Waals surface area (Å²) in [5, 5.41) is 2.96. The maximum absolute atomic E-state index is 12.5. The maximum atomic E-state index is 12.5. The smallest absolute Gasteiger partial charge is 0.231 e. The molecule has 6 nitrogen and oxygen atoms in total. The van der Waals surface area contributed by atoms with Crippen LogP contribution < -0.4 is 19.7 Å². The summed E-state index contributed by atoms with van der Waals surface area (Å²) in [7, 11) is 0. The number of carbonyl (C=O) groups excluding carboxylic acids is 2. The molecule has 7 heteroatoms. The SMILES string of the molecule is CSc1cccc(N2CC(C(=O)NCCc3ccc4c(c3)OCO4)CC2=O)c1. The lowest BCUT2D eigenvalue weighted by Gasteiger charge is -2.17. The number of fused-ring (bicyclic) bond motifs is 1. The molecule has 0 radical (unpaired) electrons. The van der Waals surface area contributed by atoms with E-state index in [0.717, 1.165) is 27.6 Å². The van der Waals surface area contributed by atoms with Crippen LogP contribution in [-0.4, -0.2) is 38.0 Å². The van der Waals surface area contributed by atoms with Crippen molar-refractivity contribution in [2.75, 3.05) is 31.0 Å². The van der Waals surface area contributed by atoms with Crippen LogP contribution >= 0.6 is 11.8 Å². The fourth-order valence-electron chi connectivity index (χ4n) is 3.48. The normalized spacial score (nSPS) is 17.8. The minimum Gasteiger partial charge on any atom is -0.454 e. The number of hydrogen-bond acceptors (Lipinski definition) is 5. The highest BCUT2D eigenvalue weighted by Crippen LogP contribution is 2.32. The molecule has 0 aliphatic carbocycles. The average Bonchev–Trinajstić information content (AvgIpc) is 3.34. The minimum absolute atomic E-state index is 0.00539. The predicted molar refractivity (Wildman–Crippen MR) is 108 cm³/mol. The Hall–Kier alpha value is -2.67. The van der Waals surface area contributed by atoms with Crippen LogP contribution in [0.15, 0.2) is 47.4 Å². The van der Waals surface area contributed by atoms with Crippen LogP contribution in [0.2, 0.25) is 0 Å². The molecule has 2 aliphatic rings. The quantitative estimate of drug-likeness (QED) is 0.758. The Labute approximate surface area is 168 Å². The van der Waals surface area contributed by atoms with Gasteiger partial charge >= 0.3 is 0 Å². The van der Waals surface area contributed by atoms with Crippen LogP contribution in [0.4, 0.5) is 5.69 Å². The van der Waals surface area contributed by atoms with Gasteiger partial charge in [0.2, 0.25) is 18.6 Å². The number of benzene rings is 2. The molecule has 1 unspecified atom stereocenters. The average molecular weight is 398 g/mol. The fourth-order valence-corrected chi connectivity index (χ4v) is 3.94. The topological polar surface area (TPSA) is 67.9 Å². The molecule has 28 heavy (non-hydrogen) atoms. The van der Waals surface area contributed by atoms with Crippen LogP contribution in [0.1, 0.15) is 12.0 Å². The number of anilines is 1. The van der Waals surface area contributed by atoms with Crippen molar-refractivity contribution in [1.82, 2.24) is 5.32 Å². The maximum Gasteiger partial charge on any atom is 0.231 e. The van der Waals surface area contributed by atoms with Gasteiger partial charge in [-0.3, -0.25) is 9.59 Å². The molecule has 2 amide bonds.